The van der Waals surface area contributed by atoms with Gasteiger partial charge in [-0.15, -0.1) is 0 Å². The van der Waals surface area contributed by atoms with Gasteiger partial charge in [0, 0.05) is 42.0 Å². The standard InChI is InChI=1S/C16H20N2O2/c1-10-3-4-12-11(9-10)16-13(17-12)7-8-18(2)14(16)5-6-15(19)20/h3-4,9,14,17H,5-8H2,1-2H3,(H,19,20). The fourth-order valence-corrected chi connectivity index (χ4v) is 3.25. The summed E-state index contributed by atoms with van der Waals surface area (Å²) in [6.07, 6.45) is 1.88. The number of nitrogens with zero attached hydrogens (tertiary/aromatic N) is 1. The molecule has 1 atom stereocenters. The first-order chi connectivity index (χ1) is 9.56. The predicted molar refractivity (Wildman–Crippen MR) is 79.0 cm³/mol. The first-order valence-electron chi connectivity index (χ1n) is 7.09. The Morgan fingerprint density at radius 3 is 3.05 bits per heavy atom. The maximum atomic E-state index is 10.9. The third-order valence-corrected chi connectivity index (χ3v) is 4.29. The van der Waals surface area contributed by atoms with E-state index in [0.717, 1.165) is 18.5 Å². The molecule has 1 unspecified atom stereocenters. The van der Waals surface area contributed by atoms with Crippen molar-refractivity contribution in [3.63, 3.8) is 0 Å². The van der Waals surface area contributed by atoms with E-state index in [2.05, 4.69) is 42.1 Å². The largest absolute Gasteiger partial charge is 0.481 e. The van der Waals surface area contributed by atoms with E-state index in [1.54, 1.807) is 0 Å². The lowest BCUT2D eigenvalue weighted by molar-refractivity contribution is -0.137. The van der Waals surface area contributed by atoms with Crippen LogP contribution in [0.4, 0.5) is 0 Å². The molecule has 1 aliphatic heterocycles. The van der Waals surface area contributed by atoms with Gasteiger partial charge in [-0.25, -0.2) is 0 Å². The number of H-pyrrole nitrogens is 1. The van der Waals surface area contributed by atoms with Crippen molar-refractivity contribution in [1.29, 1.82) is 0 Å². The maximum absolute atomic E-state index is 10.9. The minimum absolute atomic E-state index is 0.199. The van der Waals surface area contributed by atoms with E-state index in [-0.39, 0.29) is 12.5 Å². The Morgan fingerprint density at radius 2 is 2.30 bits per heavy atom. The third-order valence-electron chi connectivity index (χ3n) is 4.29. The summed E-state index contributed by atoms with van der Waals surface area (Å²) in [5, 5.41) is 10.2. The molecule has 4 heteroatoms. The van der Waals surface area contributed by atoms with Crippen LogP contribution in [0.15, 0.2) is 18.2 Å². The summed E-state index contributed by atoms with van der Waals surface area (Å²) in [5.74, 6) is -0.721. The zero-order chi connectivity index (χ0) is 14.3. The molecule has 2 heterocycles. The highest BCUT2D eigenvalue weighted by Crippen LogP contribution is 2.37. The van der Waals surface area contributed by atoms with Crippen LogP contribution < -0.4 is 0 Å². The Morgan fingerprint density at radius 1 is 1.50 bits per heavy atom. The normalized spacial score (nSPS) is 19.2. The van der Waals surface area contributed by atoms with Gasteiger partial charge in [0.25, 0.3) is 0 Å². The van der Waals surface area contributed by atoms with Crippen molar-refractivity contribution >= 4 is 16.9 Å². The van der Waals surface area contributed by atoms with Gasteiger partial charge in [-0.1, -0.05) is 11.6 Å². The zero-order valence-electron chi connectivity index (χ0n) is 11.9. The second-order valence-electron chi connectivity index (χ2n) is 5.75. The van der Waals surface area contributed by atoms with E-state index >= 15 is 0 Å². The molecule has 0 bridgehead atoms. The van der Waals surface area contributed by atoms with Gasteiger partial charge in [0.05, 0.1) is 0 Å². The van der Waals surface area contributed by atoms with Crippen molar-refractivity contribution in [1.82, 2.24) is 9.88 Å². The van der Waals surface area contributed by atoms with Gasteiger partial charge in [0.1, 0.15) is 0 Å². The second-order valence-corrected chi connectivity index (χ2v) is 5.75. The number of aliphatic carboxylic acids is 1. The summed E-state index contributed by atoms with van der Waals surface area (Å²) >= 11 is 0. The summed E-state index contributed by atoms with van der Waals surface area (Å²) in [6, 6.07) is 6.64. The lowest BCUT2D eigenvalue weighted by atomic mass is 9.92. The lowest BCUT2D eigenvalue weighted by Crippen LogP contribution is -2.32. The summed E-state index contributed by atoms with van der Waals surface area (Å²) < 4.78 is 0. The number of carboxylic acid groups (broad SMARTS) is 1. The van der Waals surface area contributed by atoms with Crippen molar-refractivity contribution in [2.75, 3.05) is 13.6 Å². The average molecular weight is 272 g/mol. The number of fused-ring (bicyclic) bond motifs is 3. The summed E-state index contributed by atoms with van der Waals surface area (Å²) in [7, 11) is 2.09. The van der Waals surface area contributed by atoms with Crippen LogP contribution in [0.1, 0.15) is 35.7 Å². The van der Waals surface area contributed by atoms with Gasteiger partial charge in [-0.2, -0.15) is 0 Å². The van der Waals surface area contributed by atoms with Crippen LogP contribution in [0.25, 0.3) is 10.9 Å². The van der Waals surface area contributed by atoms with E-state index in [9.17, 15) is 4.79 Å². The number of aromatic nitrogens is 1. The molecule has 0 saturated heterocycles. The summed E-state index contributed by atoms with van der Waals surface area (Å²) in [6.45, 7) is 3.07. The predicted octanol–water partition coefficient (Wildman–Crippen LogP) is 2.87. The van der Waals surface area contributed by atoms with E-state index in [1.807, 2.05) is 0 Å². The fourth-order valence-electron chi connectivity index (χ4n) is 3.25. The molecular weight excluding hydrogens is 252 g/mol. The van der Waals surface area contributed by atoms with Crippen LogP contribution >= 0.6 is 0 Å². The minimum atomic E-state index is -0.721. The Labute approximate surface area is 118 Å². The first-order valence-corrected chi connectivity index (χ1v) is 7.09. The lowest BCUT2D eigenvalue weighted by Gasteiger charge is -2.33. The molecule has 0 saturated carbocycles. The van der Waals surface area contributed by atoms with Crippen LogP contribution in [0.3, 0.4) is 0 Å². The van der Waals surface area contributed by atoms with Crippen molar-refractivity contribution in [2.24, 2.45) is 0 Å². The highest BCUT2D eigenvalue weighted by atomic mass is 16.4. The molecule has 1 aromatic carbocycles. The van der Waals surface area contributed by atoms with E-state index in [1.165, 1.54) is 22.2 Å². The Balaban J connectivity index is 2.07. The SMILES string of the molecule is Cc1ccc2[nH]c3c(c2c1)C(CCC(=O)O)N(C)CC3. The number of aromatic amines is 1. The average Bonchev–Trinajstić information content (AvgIpc) is 2.75. The number of hydrogen-bond donors (Lipinski definition) is 2. The highest BCUT2D eigenvalue weighted by molar-refractivity contribution is 5.86. The van der Waals surface area contributed by atoms with Crippen LogP contribution in [-0.2, 0) is 11.2 Å². The third kappa shape index (κ3) is 2.20. The number of carbonyl (C=O) groups is 1. The number of benzene rings is 1. The zero-order valence-corrected chi connectivity index (χ0v) is 11.9. The van der Waals surface area contributed by atoms with Gasteiger partial charge >= 0.3 is 5.97 Å². The van der Waals surface area contributed by atoms with Crippen molar-refractivity contribution < 1.29 is 9.90 Å². The second kappa shape index (κ2) is 4.94. The minimum Gasteiger partial charge on any atom is -0.481 e. The molecule has 2 aromatic rings. The monoisotopic (exact) mass is 272 g/mol. The van der Waals surface area contributed by atoms with Gasteiger partial charge in [0.15, 0.2) is 0 Å². The van der Waals surface area contributed by atoms with E-state index in [4.69, 9.17) is 5.11 Å². The Bertz CT molecular complexity index is 660. The molecule has 0 fully saturated rings. The maximum Gasteiger partial charge on any atom is 0.303 e. The quantitative estimate of drug-likeness (QED) is 0.903. The van der Waals surface area contributed by atoms with Crippen LogP contribution in [0.5, 0.6) is 0 Å². The summed E-state index contributed by atoms with van der Waals surface area (Å²) in [4.78, 5) is 16.7. The van der Waals surface area contributed by atoms with Crippen molar-refractivity contribution in [3.8, 4) is 0 Å². The molecular formula is C16H20N2O2. The molecule has 106 valence electrons. The van der Waals surface area contributed by atoms with Crippen LogP contribution in [0, 0.1) is 6.92 Å². The number of rotatable bonds is 3. The molecule has 4 nitrogen and oxygen atoms in total. The van der Waals surface area contributed by atoms with Crippen LogP contribution in [-0.4, -0.2) is 34.6 Å². The number of likely N-dealkylation sites (N-methyl/N-ethyl adjacent to an activating group) is 1. The number of nitrogens with one attached hydrogen (secondary N) is 1. The van der Waals surface area contributed by atoms with Crippen LogP contribution in [0.2, 0.25) is 0 Å². The van der Waals surface area contributed by atoms with E-state index in [0.29, 0.717) is 6.42 Å². The highest BCUT2D eigenvalue weighted by Gasteiger charge is 2.28. The Hall–Kier alpha value is -1.81. The molecule has 1 aromatic heterocycles. The smallest absolute Gasteiger partial charge is 0.303 e. The van der Waals surface area contributed by atoms with Gasteiger partial charge in [0.2, 0.25) is 0 Å². The molecule has 0 radical (unpaired) electrons. The number of hydrogen-bond acceptors (Lipinski definition) is 2. The Kier molecular flexibility index (Phi) is 3.26. The van der Waals surface area contributed by atoms with Crippen molar-refractivity contribution in [3.05, 3.63) is 35.0 Å². The first kappa shape index (κ1) is 13.2. The molecule has 1 aliphatic rings. The molecule has 20 heavy (non-hydrogen) atoms. The number of aryl methyl sites for hydroxylation is 1. The number of carboxylic acids is 1. The molecule has 2 N–H and O–H groups in total. The summed E-state index contributed by atoms with van der Waals surface area (Å²) in [5.41, 5.74) is 4.98. The molecule has 0 amide bonds. The van der Waals surface area contributed by atoms with Gasteiger partial charge in [-0.05, 0) is 38.1 Å². The molecule has 0 spiro atoms. The van der Waals surface area contributed by atoms with Crippen molar-refractivity contribution in [2.45, 2.75) is 32.2 Å². The van der Waals surface area contributed by atoms with Gasteiger partial charge in [-0.3, -0.25) is 9.69 Å². The van der Waals surface area contributed by atoms with E-state index < -0.39 is 5.97 Å². The topological polar surface area (TPSA) is 56.3 Å². The van der Waals surface area contributed by atoms with Gasteiger partial charge < -0.3 is 10.1 Å². The molecule has 0 aliphatic carbocycles. The fraction of sp³-hybridized carbons (Fsp3) is 0.438. The molecule has 3 rings (SSSR count).